The summed E-state index contributed by atoms with van der Waals surface area (Å²) in [4.78, 5) is 45.4. The van der Waals surface area contributed by atoms with Gasteiger partial charge in [0.25, 0.3) is 12.3 Å². The predicted molar refractivity (Wildman–Crippen MR) is 201 cm³/mol. The minimum Gasteiger partial charge on any atom is -0.361 e. The fraction of sp³-hybridized carbons (Fsp3) is 0.333. The standard InChI is InChI=1S/C42H38F5N7O3/c1-21(27-4-3-5-28(38(27)45)39(46)47)49-40-31-17-35(48-18-32(31)22(2)51-52-40)24-6-7-33(43)26(14-24)19-53-12-10-23(11-13-53)29-15-25-20-54(42(57)30(25)16-34(29)44)36-8-9-37(55)50-41(36)56/h3-7,14-18,21,23,36,39H,8-13,19-20H2,1-2H3,(H,49,52)(H,50,55,56). The summed E-state index contributed by atoms with van der Waals surface area (Å²) in [5.41, 5.74) is 2.98. The van der Waals surface area contributed by atoms with Crippen molar-refractivity contribution in [1.29, 1.82) is 0 Å². The smallest absolute Gasteiger partial charge is 0.266 e. The molecule has 5 heterocycles. The maximum atomic E-state index is 15.5. The molecule has 294 valence electrons. The highest BCUT2D eigenvalue weighted by Gasteiger charge is 2.40. The fourth-order valence-electron chi connectivity index (χ4n) is 8.21. The van der Waals surface area contributed by atoms with Crippen LogP contribution in [0.15, 0.2) is 60.8 Å². The highest BCUT2D eigenvalue weighted by molar-refractivity contribution is 6.05. The van der Waals surface area contributed by atoms with E-state index in [1.54, 1.807) is 44.3 Å². The molecule has 2 aromatic heterocycles. The number of rotatable bonds is 9. The predicted octanol–water partition coefficient (Wildman–Crippen LogP) is 7.67. The number of hydrogen-bond donors (Lipinski definition) is 2. The van der Waals surface area contributed by atoms with E-state index in [0.29, 0.717) is 82.7 Å². The van der Waals surface area contributed by atoms with Gasteiger partial charge in [-0.15, -0.1) is 5.10 Å². The van der Waals surface area contributed by atoms with Gasteiger partial charge in [-0.3, -0.25) is 29.6 Å². The summed E-state index contributed by atoms with van der Waals surface area (Å²) in [7, 11) is 0. The number of alkyl halides is 2. The van der Waals surface area contributed by atoms with Crippen molar-refractivity contribution in [1.82, 2.24) is 30.3 Å². The molecule has 3 aliphatic rings. The molecule has 0 saturated carbocycles. The molecular weight excluding hydrogens is 745 g/mol. The van der Waals surface area contributed by atoms with Crippen molar-refractivity contribution in [3.05, 3.63) is 117 Å². The number of carbonyl (C=O) groups excluding carboxylic acids is 3. The van der Waals surface area contributed by atoms with E-state index in [1.165, 1.54) is 29.2 Å². The SMILES string of the molecule is Cc1nnc(NC(C)c2cccc(C(F)F)c2F)c2cc(-c3ccc(F)c(CN4CCC(c5cc6c(cc5F)C(=O)N(C5CCC(=O)NC5=O)C6)CC4)c3)ncc12. The molecule has 0 radical (unpaired) electrons. The Bertz CT molecular complexity index is 2440. The topological polar surface area (TPSA) is 120 Å². The number of imide groups is 1. The first kappa shape index (κ1) is 38.1. The third-order valence-corrected chi connectivity index (χ3v) is 11.4. The summed E-state index contributed by atoms with van der Waals surface area (Å²) in [6, 6.07) is 11.9. The molecular formula is C42H38F5N7O3. The van der Waals surface area contributed by atoms with Crippen molar-refractivity contribution in [2.45, 2.75) is 77.0 Å². The molecule has 8 rings (SSSR count). The number of halogens is 5. The summed E-state index contributed by atoms with van der Waals surface area (Å²) in [6.45, 7) is 5.03. The van der Waals surface area contributed by atoms with E-state index in [2.05, 4.69) is 30.7 Å². The number of nitrogens with zero attached hydrogens (tertiary/aromatic N) is 5. The van der Waals surface area contributed by atoms with Gasteiger partial charge < -0.3 is 10.2 Å². The van der Waals surface area contributed by atoms with E-state index in [0.717, 1.165) is 6.07 Å². The van der Waals surface area contributed by atoms with Crippen LogP contribution in [-0.4, -0.2) is 61.8 Å². The number of pyridine rings is 1. The minimum absolute atomic E-state index is 0.0529. The molecule has 15 heteroatoms. The number of likely N-dealkylation sites (tertiary alicyclic amines) is 1. The third kappa shape index (κ3) is 7.31. The quantitative estimate of drug-likeness (QED) is 0.116. The Morgan fingerprint density at radius 3 is 2.44 bits per heavy atom. The summed E-state index contributed by atoms with van der Waals surface area (Å²) in [5, 5.41) is 15.2. The Morgan fingerprint density at radius 2 is 1.68 bits per heavy atom. The Balaban J connectivity index is 0.963. The molecule has 2 N–H and O–H groups in total. The fourth-order valence-corrected chi connectivity index (χ4v) is 8.21. The number of fused-ring (bicyclic) bond motifs is 2. The van der Waals surface area contributed by atoms with Gasteiger partial charge in [0.2, 0.25) is 11.8 Å². The van der Waals surface area contributed by atoms with E-state index in [1.807, 2.05) is 0 Å². The summed E-state index contributed by atoms with van der Waals surface area (Å²) in [6.07, 6.45) is 0.248. The number of carbonyl (C=O) groups is 3. The Labute approximate surface area is 324 Å². The van der Waals surface area contributed by atoms with Crippen LogP contribution in [0.1, 0.15) is 94.9 Å². The number of aryl methyl sites for hydroxylation is 1. The molecule has 5 aromatic rings. The molecule has 2 unspecified atom stereocenters. The monoisotopic (exact) mass is 783 g/mol. The zero-order chi connectivity index (χ0) is 40.1. The van der Waals surface area contributed by atoms with Gasteiger partial charge in [0.15, 0.2) is 5.82 Å². The number of aromatic nitrogens is 3. The summed E-state index contributed by atoms with van der Waals surface area (Å²) in [5.74, 6) is -2.99. The molecule has 0 bridgehead atoms. The van der Waals surface area contributed by atoms with Gasteiger partial charge >= 0.3 is 0 Å². The van der Waals surface area contributed by atoms with Crippen LogP contribution in [0.4, 0.5) is 27.8 Å². The molecule has 0 aliphatic carbocycles. The van der Waals surface area contributed by atoms with Crippen LogP contribution in [0.5, 0.6) is 0 Å². The molecule has 3 aromatic carbocycles. The first-order valence-electron chi connectivity index (χ1n) is 18.8. The van der Waals surface area contributed by atoms with Crippen LogP contribution >= 0.6 is 0 Å². The Kier molecular flexibility index (Phi) is 10.2. The summed E-state index contributed by atoms with van der Waals surface area (Å²) < 4.78 is 72.6. The summed E-state index contributed by atoms with van der Waals surface area (Å²) >= 11 is 0. The van der Waals surface area contributed by atoms with Crippen LogP contribution in [-0.2, 0) is 22.7 Å². The number of amides is 3. The van der Waals surface area contributed by atoms with E-state index in [9.17, 15) is 27.6 Å². The number of benzene rings is 3. The van der Waals surface area contributed by atoms with Crippen LogP contribution in [0, 0.1) is 24.4 Å². The van der Waals surface area contributed by atoms with E-state index >= 15 is 8.78 Å². The molecule has 2 atom stereocenters. The maximum Gasteiger partial charge on any atom is 0.266 e. The van der Waals surface area contributed by atoms with Crippen molar-refractivity contribution < 1.29 is 36.3 Å². The average molecular weight is 784 g/mol. The number of piperidine rings is 2. The normalized spacial score (nSPS) is 18.4. The second-order valence-electron chi connectivity index (χ2n) is 15.0. The van der Waals surface area contributed by atoms with Gasteiger partial charge in [0.1, 0.15) is 23.5 Å². The van der Waals surface area contributed by atoms with Crippen molar-refractivity contribution in [3.8, 4) is 11.3 Å². The largest absolute Gasteiger partial charge is 0.361 e. The van der Waals surface area contributed by atoms with E-state index in [-0.39, 0.29) is 48.2 Å². The number of anilines is 1. The van der Waals surface area contributed by atoms with Crippen molar-refractivity contribution in [3.63, 3.8) is 0 Å². The molecule has 3 amide bonds. The Morgan fingerprint density at radius 1 is 0.912 bits per heavy atom. The average Bonchev–Trinajstić information content (AvgIpc) is 3.50. The zero-order valence-electron chi connectivity index (χ0n) is 31.1. The third-order valence-electron chi connectivity index (χ3n) is 11.4. The number of hydrogen-bond acceptors (Lipinski definition) is 8. The second kappa shape index (κ2) is 15.3. The first-order chi connectivity index (χ1) is 27.4. The molecule has 2 fully saturated rings. The van der Waals surface area contributed by atoms with Gasteiger partial charge in [-0.1, -0.05) is 24.3 Å². The van der Waals surface area contributed by atoms with Crippen LogP contribution in [0.2, 0.25) is 0 Å². The van der Waals surface area contributed by atoms with Crippen LogP contribution in [0.25, 0.3) is 22.0 Å². The van der Waals surface area contributed by atoms with Crippen molar-refractivity contribution in [2.75, 3.05) is 18.4 Å². The lowest BCUT2D eigenvalue weighted by atomic mass is 9.87. The van der Waals surface area contributed by atoms with Crippen molar-refractivity contribution in [2.24, 2.45) is 0 Å². The lowest BCUT2D eigenvalue weighted by Crippen LogP contribution is -2.52. The molecule has 0 spiro atoms. The van der Waals surface area contributed by atoms with Crippen LogP contribution < -0.4 is 10.6 Å². The highest BCUT2D eigenvalue weighted by atomic mass is 19.3. The van der Waals surface area contributed by atoms with Gasteiger partial charge in [-0.05, 0) is 93.6 Å². The molecule has 57 heavy (non-hydrogen) atoms. The highest BCUT2D eigenvalue weighted by Crippen LogP contribution is 2.37. The van der Waals surface area contributed by atoms with Crippen molar-refractivity contribution >= 4 is 34.3 Å². The zero-order valence-corrected chi connectivity index (χ0v) is 31.1. The lowest BCUT2D eigenvalue weighted by Gasteiger charge is -2.32. The lowest BCUT2D eigenvalue weighted by molar-refractivity contribution is -0.136. The molecule has 10 nitrogen and oxygen atoms in total. The molecule has 2 saturated heterocycles. The van der Waals surface area contributed by atoms with E-state index < -0.39 is 47.5 Å². The maximum absolute atomic E-state index is 15.5. The Hall–Kier alpha value is -5.83. The van der Waals surface area contributed by atoms with Gasteiger partial charge in [0.05, 0.1) is 23.0 Å². The van der Waals surface area contributed by atoms with Gasteiger partial charge in [-0.25, -0.2) is 22.0 Å². The van der Waals surface area contributed by atoms with Gasteiger partial charge in [0, 0.05) is 58.7 Å². The first-order valence-corrected chi connectivity index (χ1v) is 18.8. The van der Waals surface area contributed by atoms with E-state index in [4.69, 9.17) is 0 Å². The second-order valence-corrected chi connectivity index (χ2v) is 15.0. The molecule has 3 aliphatic heterocycles. The number of nitrogens with one attached hydrogen (secondary N) is 2. The van der Waals surface area contributed by atoms with Gasteiger partial charge in [-0.2, -0.15) is 5.10 Å². The minimum atomic E-state index is -2.96. The van der Waals surface area contributed by atoms with Crippen LogP contribution in [0.3, 0.4) is 0 Å².